The number of nitrogens with one attached hydrogen (secondary N) is 1. The van der Waals surface area contributed by atoms with Gasteiger partial charge >= 0.3 is 6.09 Å². The molecule has 0 radical (unpaired) electrons. The molecule has 0 bridgehead atoms. The molecule has 13 heteroatoms. The largest absolute Gasteiger partial charge is 0.465 e. The number of halogens is 1. The summed E-state index contributed by atoms with van der Waals surface area (Å²) in [5.74, 6) is 0. The van der Waals surface area contributed by atoms with Crippen LogP contribution in [0.2, 0.25) is 5.02 Å². The van der Waals surface area contributed by atoms with Crippen molar-refractivity contribution in [3.8, 4) is 22.4 Å². The quantitative estimate of drug-likeness (QED) is 0.268. The Morgan fingerprint density at radius 2 is 1.97 bits per heavy atom. The van der Waals surface area contributed by atoms with Crippen molar-refractivity contribution in [1.82, 2.24) is 29.8 Å². The minimum Gasteiger partial charge on any atom is -0.465 e. The fourth-order valence-corrected chi connectivity index (χ4v) is 4.77. The molecule has 38 heavy (non-hydrogen) atoms. The van der Waals surface area contributed by atoms with Crippen LogP contribution in [0.5, 0.6) is 0 Å². The maximum atomic E-state index is 13.8. The highest BCUT2D eigenvalue weighted by molar-refractivity contribution is 7.98. The summed E-state index contributed by atoms with van der Waals surface area (Å²) in [5, 5.41) is 12.8. The summed E-state index contributed by atoms with van der Waals surface area (Å²) in [7, 11) is 0. The minimum absolute atomic E-state index is 0.0440. The summed E-state index contributed by atoms with van der Waals surface area (Å²) in [6.07, 6.45) is 4.90. The minimum atomic E-state index is -1.16. The normalized spacial score (nSPS) is 17.4. The van der Waals surface area contributed by atoms with Gasteiger partial charge in [-0.05, 0) is 25.3 Å². The lowest BCUT2D eigenvalue weighted by atomic mass is 10.0. The number of thioether (sulfide) groups is 1. The summed E-state index contributed by atoms with van der Waals surface area (Å²) in [5.41, 5.74) is 3.24. The fraction of sp³-hybridized carbons (Fsp3) is 0.280. The number of hydrogen-bond acceptors (Lipinski definition) is 9. The van der Waals surface area contributed by atoms with E-state index >= 15 is 0 Å². The van der Waals surface area contributed by atoms with Gasteiger partial charge in [-0.2, -0.15) is 0 Å². The first-order valence-corrected chi connectivity index (χ1v) is 13.2. The molecular formula is C25H23ClN6O5S. The molecule has 1 saturated heterocycles. The van der Waals surface area contributed by atoms with E-state index in [1.54, 1.807) is 36.8 Å². The van der Waals surface area contributed by atoms with E-state index in [1.165, 1.54) is 16.3 Å². The smallest absolute Gasteiger partial charge is 0.405 e. The summed E-state index contributed by atoms with van der Waals surface area (Å²) in [6.45, 7) is 2.13. The zero-order valence-corrected chi connectivity index (χ0v) is 22.0. The molecule has 2 N–H and O–H groups in total. The van der Waals surface area contributed by atoms with E-state index < -0.39 is 18.4 Å². The van der Waals surface area contributed by atoms with Crippen molar-refractivity contribution < 1.29 is 19.4 Å². The van der Waals surface area contributed by atoms with Crippen LogP contribution in [0.4, 0.5) is 4.79 Å². The van der Waals surface area contributed by atoms with Crippen molar-refractivity contribution in [2.45, 2.75) is 31.0 Å². The summed E-state index contributed by atoms with van der Waals surface area (Å²) < 4.78 is 12.9. The number of benzene rings is 1. The SMILES string of the molecule is CSc1ncc2cc(-c3ccc(-c4cncc(C)n4)cc3Cl)c(=O)n(C[C@H]3OC[C@@H](NC(=O)O)CO3)c2n1. The van der Waals surface area contributed by atoms with Gasteiger partial charge in [-0.15, -0.1) is 0 Å². The Morgan fingerprint density at radius 1 is 1.18 bits per heavy atom. The van der Waals surface area contributed by atoms with Crippen molar-refractivity contribution in [2.75, 3.05) is 19.5 Å². The van der Waals surface area contributed by atoms with E-state index in [0.29, 0.717) is 38.0 Å². The molecule has 1 amide bonds. The number of amides is 1. The van der Waals surface area contributed by atoms with Crippen LogP contribution in [-0.4, -0.2) is 67.5 Å². The molecule has 0 aliphatic carbocycles. The van der Waals surface area contributed by atoms with Crippen LogP contribution in [0.15, 0.2) is 52.8 Å². The lowest BCUT2D eigenvalue weighted by Crippen LogP contribution is -2.48. The maximum absolute atomic E-state index is 13.8. The van der Waals surface area contributed by atoms with Gasteiger partial charge in [0.1, 0.15) is 5.65 Å². The number of aryl methyl sites for hydroxylation is 1. The number of carbonyl (C=O) groups is 1. The summed E-state index contributed by atoms with van der Waals surface area (Å²) >= 11 is 8.05. The van der Waals surface area contributed by atoms with Gasteiger partial charge in [0.05, 0.1) is 43.4 Å². The van der Waals surface area contributed by atoms with Gasteiger partial charge < -0.3 is 19.9 Å². The standard InChI is InChI=1S/C25H23ClN6O5S/c1-13-7-27-9-20(29-13)14-3-4-17(19(26)6-14)18-5-15-8-28-24(38-2)31-22(15)32(23(18)33)10-21-36-11-16(12-37-21)30-25(34)35/h3-9,16,21,30H,10-12H2,1-2H3,(H,34,35)/t16-,21+. The Morgan fingerprint density at radius 3 is 2.66 bits per heavy atom. The number of aromatic nitrogens is 5. The van der Waals surface area contributed by atoms with Gasteiger partial charge in [-0.1, -0.05) is 35.5 Å². The number of pyridine rings is 1. The van der Waals surface area contributed by atoms with E-state index in [0.717, 1.165) is 11.3 Å². The number of hydrogen-bond donors (Lipinski definition) is 2. The fourth-order valence-electron chi connectivity index (χ4n) is 4.16. The van der Waals surface area contributed by atoms with Crippen molar-refractivity contribution >= 4 is 40.5 Å². The highest BCUT2D eigenvalue weighted by Gasteiger charge is 2.26. The first kappa shape index (κ1) is 26.0. The lowest BCUT2D eigenvalue weighted by molar-refractivity contribution is -0.194. The van der Waals surface area contributed by atoms with Crippen molar-refractivity contribution in [3.05, 3.63) is 63.9 Å². The maximum Gasteiger partial charge on any atom is 0.405 e. The van der Waals surface area contributed by atoms with Crippen LogP contribution in [0.1, 0.15) is 5.69 Å². The second-order valence-corrected chi connectivity index (χ2v) is 9.77. The Balaban J connectivity index is 1.54. The molecule has 196 valence electrons. The Hall–Kier alpha value is -3.58. The monoisotopic (exact) mass is 554 g/mol. The third kappa shape index (κ3) is 5.48. The van der Waals surface area contributed by atoms with Crippen LogP contribution in [0.25, 0.3) is 33.4 Å². The molecule has 1 aromatic carbocycles. The second-order valence-electron chi connectivity index (χ2n) is 8.59. The van der Waals surface area contributed by atoms with Crippen molar-refractivity contribution in [2.24, 2.45) is 0 Å². The molecular weight excluding hydrogens is 532 g/mol. The summed E-state index contributed by atoms with van der Waals surface area (Å²) in [6, 6.07) is 6.60. The topological polar surface area (TPSA) is 141 Å². The van der Waals surface area contributed by atoms with Gasteiger partial charge in [0.2, 0.25) is 0 Å². The molecule has 4 heterocycles. The van der Waals surface area contributed by atoms with Gasteiger partial charge in [-0.3, -0.25) is 14.3 Å². The average Bonchev–Trinajstić information content (AvgIpc) is 2.90. The van der Waals surface area contributed by atoms with Gasteiger partial charge in [0.25, 0.3) is 5.56 Å². The highest BCUT2D eigenvalue weighted by Crippen LogP contribution is 2.31. The van der Waals surface area contributed by atoms with Crippen LogP contribution >= 0.6 is 23.4 Å². The molecule has 1 aliphatic rings. The lowest BCUT2D eigenvalue weighted by Gasteiger charge is -2.29. The first-order chi connectivity index (χ1) is 18.3. The summed E-state index contributed by atoms with van der Waals surface area (Å²) in [4.78, 5) is 42.3. The van der Waals surface area contributed by atoms with Gasteiger partial charge in [-0.25, -0.2) is 19.7 Å². The molecule has 11 nitrogen and oxygen atoms in total. The van der Waals surface area contributed by atoms with E-state index in [4.69, 9.17) is 26.2 Å². The van der Waals surface area contributed by atoms with Crippen LogP contribution < -0.4 is 10.9 Å². The molecule has 0 saturated carbocycles. The first-order valence-electron chi connectivity index (χ1n) is 11.6. The highest BCUT2D eigenvalue weighted by atomic mass is 35.5. The Labute approximate surface area is 226 Å². The van der Waals surface area contributed by atoms with Gasteiger partial charge in [0.15, 0.2) is 11.4 Å². The molecule has 1 fully saturated rings. The van der Waals surface area contributed by atoms with Crippen LogP contribution in [-0.2, 0) is 16.0 Å². The predicted molar refractivity (Wildman–Crippen MR) is 142 cm³/mol. The van der Waals surface area contributed by atoms with Gasteiger partial charge in [0, 0.05) is 39.5 Å². The molecule has 4 aromatic rings. The average molecular weight is 555 g/mol. The Bertz CT molecular complexity index is 1570. The number of ether oxygens (including phenoxy) is 2. The molecule has 0 spiro atoms. The van der Waals surface area contributed by atoms with Crippen molar-refractivity contribution in [3.63, 3.8) is 0 Å². The zero-order valence-electron chi connectivity index (χ0n) is 20.4. The van der Waals surface area contributed by atoms with E-state index in [9.17, 15) is 9.59 Å². The molecule has 0 atom stereocenters. The third-order valence-corrected chi connectivity index (χ3v) is 6.80. The Kier molecular flexibility index (Phi) is 7.56. The number of rotatable bonds is 6. The second kappa shape index (κ2) is 11.0. The molecule has 1 aliphatic heterocycles. The third-order valence-electron chi connectivity index (χ3n) is 5.92. The van der Waals surface area contributed by atoms with E-state index in [2.05, 4.69) is 25.3 Å². The number of nitrogens with zero attached hydrogens (tertiary/aromatic N) is 5. The predicted octanol–water partition coefficient (Wildman–Crippen LogP) is 3.61. The molecule has 5 rings (SSSR count). The number of carboxylic acid groups (broad SMARTS) is 1. The van der Waals surface area contributed by atoms with E-state index in [1.807, 2.05) is 19.2 Å². The molecule has 0 unspecified atom stereocenters. The van der Waals surface area contributed by atoms with E-state index in [-0.39, 0.29) is 25.3 Å². The number of fused-ring (bicyclic) bond motifs is 1. The van der Waals surface area contributed by atoms with Crippen LogP contribution in [0.3, 0.4) is 0 Å². The molecule has 3 aromatic heterocycles. The van der Waals surface area contributed by atoms with Crippen molar-refractivity contribution in [1.29, 1.82) is 0 Å². The van der Waals surface area contributed by atoms with Crippen LogP contribution in [0, 0.1) is 6.92 Å². The zero-order chi connectivity index (χ0) is 26.8.